The van der Waals surface area contributed by atoms with Gasteiger partial charge in [-0.3, -0.25) is 0 Å². The normalized spacial score (nSPS) is 16.3. The van der Waals surface area contributed by atoms with Crippen molar-refractivity contribution in [1.82, 2.24) is 9.55 Å². The van der Waals surface area contributed by atoms with Crippen molar-refractivity contribution in [1.29, 1.82) is 0 Å². The van der Waals surface area contributed by atoms with E-state index in [0.717, 1.165) is 23.4 Å². The fourth-order valence-electron chi connectivity index (χ4n) is 2.87. The van der Waals surface area contributed by atoms with Gasteiger partial charge in [-0.15, -0.1) is 11.6 Å². The lowest BCUT2D eigenvalue weighted by atomic mass is 10.3. The molecule has 0 radical (unpaired) electrons. The summed E-state index contributed by atoms with van der Waals surface area (Å²) >= 11 is 12.0. The molecular weight excluding hydrogens is 295 g/mol. The molecule has 1 fully saturated rings. The number of nitrogens with zero attached hydrogens (tertiary/aromatic N) is 2. The zero-order valence-corrected chi connectivity index (χ0v) is 12.8. The van der Waals surface area contributed by atoms with Crippen LogP contribution in [0.4, 0.5) is 0 Å². The number of fused-ring (bicyclic) bond motifs is 1. The van der Waals surface area contributed by atoms with Crippen molar-refractivity contribution in [3.05, 3.63) is 29.0 Å². The molecule has 2 aromatic rings. The minimum Gasteiger partial charge on any atom is -0.376 e. The van der Waals surface area contributed by atoms with Gasteiger partial charge >= 0.3 is 0 Å². The second-order valence-corrected chi connectivity index (χ2v) is 5.93. The van der Waals surface area contributed by atoms with E-state index < -0.39 is 0 Å². The van der Waals surface area contributed by atoms with Crippen LogP contribution in [0.5, 0.6) is 0 Å². The van der Waals surface area contributed by atoms with Crippen molar-refractivity contribution < 1.29 is 4.74 Å². The fourth-order valence-corrected chi connectivity index (χ4v) is 3.24. The lowest BCUT2D eigenvalue weighted by Crippen LogP contribution is -2.14. The van der Waals surface area contributed by atoms with Gasteiger partial charge in [0.05, 0.1) is 29.6 Å². The molecule has 5 heteroatoms. The van der Waals surface area contributed by atoms with E-state index in [9.17, 15) is 0 Å². The third-order valence-corrected chi connectivity index (χ3v) is 4.35. The van der Waals surface area contributed by atoms with Crippen molar-refractivity contribution in [2.75, 3.05) is 6.61 Å². The predicted octanol–water partition coefficient (Wildman–Crippen LogP) is 4.39. The van der Waals surface area contributed by atoms with E-state index in [1.807, 2.05) is 18.2 Å². The number of aromatic nitrogens is 2. The Morgan fingerprint density at radius 1 is 1.30 bits per heavy atom. The minimum absolute atomic E-state index is 0.399. The minimum atomic E-state index is 0.399. The molecule has 1 aliphatic carbocycles. The molecule has 1 aromatic heterocycles. The summed E-state index contributed by atoms with van der Waals surface area (Å²) in [6.45, 7) is 1.50. The standard InChI is InChI=1S/C15H18Cl2N2O/c16-10-15-18-13-9-11(17)5-6-14(13)19(15)7-8-20-12-3-1-2-4-12/h5-6,9,12H,1-4,7-8,10H2. The number of halogens is 2. The Hall–Kier alpha value is -0.770. The Morgan fingerprint density at radius 3 is 2.85 bits per heavy atom. The van der Waals surface area contributed by atoms with E-state index in [-0.39, 0.29) is 0 Å². The summed E-state index contributed by atoms with van der Waals surface area (Å²) in [7, 11) is 0. The number of imidazole rings is 1. The highest BCUT2D eigenvalue weighted by Gasteiger charge is 2.16. The van der Waals surface area contributed by atoms with Gasteiger partial charge in [0.2, 0.25) is 0 Å². The van der Waals surface area contributed by atoms with Gasteiger partial charge in [-0.1, -0.05) is 24.4 Å². The second-order valence-electron chi connectivity index (χ2n) is 5.22. The van der Waals surface area contributed by atoms with Crippen molar-refractivity contribution in [2.45, 2.75) is 44.2 Å². The van der Waals surface area contributed by atoms with Gasteiger partial charge in [0, 0.05) is 11.6 Å². The summed E-state index contributed by atoms with van der Waals surface area (Å²) in [5, 5.41) is 0.700. The quantitative estimate of drug-likeness (QED) is 0.766. The summed E-state index contributed by atoms with van der Waals surface area (Å²) in [4.78, 5) is 4.53. The van der Waals surface area contributed by atoms with Gasteiger partial charge in [-0.2, -0.15) is 0 Å². The molecule has 0 amide bonds. The van der Waals surface area contributed by atoms with Gasteiger partial charge in [0.1, 0.15) is 5.82 Å². The van der Waals surface area contributed by atoms with E-state index in [1.54, 1.807) is 0 Å². The Kier molecular flexibility index (Phi) is 4.49. The summed E-state index contributed by atoms with van der Waals surface area (Å²) in [6.07, 6.45) is 5.43. The summed E-state index contributed by atoms with van der Waals surface area (Å²) in [5.74, 6) is 1.27. The predicted molar refractivity (Wildman–Crippen MR) is 82.5 cm³/mol. The van der Waals surface area contributed by atoms with Crippen LogP contribution < -0.4 is 0 Å². The lowest BCUT2D eigenvalue weighted by molar-refractivity contribution is 0.0532. The molecule has 0 bridgehead atoms. The van der Waals surface area contributed by atoms with Gasteiger partial charge in [0.25, 0.3) is 0 Å². The molecule has 108 valence electrons. The molecule has 0 spiro atoms. The highest BCUT2D eigenvalue weighted by atomic mass is 35.5. The molecule has 20 heavy (non-hydrogen) atoms. The first-order chi connectivity index (χ1) is 9.78. The van der Waals surface area contributed by atoms with Crippen molar-refractivity contribution in [3.8, 4) is 0 Å². The molecule has 0 unspecified atom stereocenters. The van der Waals surface area contributed by atoms with Crippen LogP contribution in [0, 0.1) is 0 Å². The topological polar surface area (TPSA) is 27.1 Å². The average Bonchev–Trinajstić information content (AvgIpc) is 3.06. The van der Waals surface area contributed by atoms with E-state index in [2.05, 4.69) is 9.55 Å². The molecule has 1 aliphatic rings. The molecule has 3 rings (SSSR count). The van der Waals surface area contributed by atoms with Crippen molar-refractivity contribution in [3.63, 3.8) is 0 Å². The molecule has 0 aliphatic heterocycles. The Balaban J connectivity index is 1.75. The lowest BCUT2D eigenvalue weighted by Gasteiger charge is -2.13. The SMILES string of the molecule is ClCc1nc2cc(Cl)ccc2n1CCOC1CCCC1. The summed E-state index contributed by atoms with van der Waals surface area (Å²) in [5.41, 5.74) is 1.97. The average molecular weight is 313 g/mol. The zero-order valence-electron chi connectivity index (χ0n) is 11.3. The maximum absolute atomic E-state index is 6.01. The van der Waals surface area contributed by atoms with Crippen LogP contribution in [0.2, 0.25) is 5.02 Å². The van der Waals surface area contributed by atoms with Gasteiger partial charge in [-0.05, 0) is 31.0 Å². The summed E-state index contributed by atoms with van der Waals surface area (Å²) in [6, 6.07) is 5.76. The van der Waals surface area contributed by atoms with Crippen LogP contribution in [-0.2, 0) is 17.2 Å². The summed E-state index contributed by atoms with van der Waals surface area (Å²) < 4.78 is 8.06. The number of hydrogen-bond acceptors (Lipinski definition) is 2. The number of alkyl halides is 1. The largest absolute Gasteiger partial charge is 0.376 e. The smallest absolute Gasteiger partial charge is 0.124 e. The van der Waals surface area contributed by atoms with Crippen LogP contribution >= 0.6 is 23.2 Å². The Morgan fingerprint density at radius 2 is 2.10 bits per heavy atom. The third kappa shape index (κ3) is 2.95. The Bertz CT molecular complexity index is 591. The van der Waals surface area contributed by atoms with Crippen LogP contribution in [0.15, 0.2) is 18.2 Å². The number of rotatable bonds is 5. The number of ether oxygens (including phenoxy) is 1. The van der Waals surface area contributed by atoms with Gasteiger partial charge in [0.15, 0.2) is 0 Å². The first-order valence-corrected chi connectivity index (χ1v) is 8.01. The van der Waals surface area contributed by atoms with Crippen molar-refractivity contribution >= 4 is 34.2 Å². The van der Waals surface area contributed by atoms with Crippen LogP contribution in [0.25, 0.3) is 11.0 Å². The van der Waals surface area contributed by atoms with E-state index in [4.69, 9.17) is 27.9 Å². The molecule has 0 N–H and O–H groups in total. The molecule has 3 nitrogen and oxygen atoms in total. The van der Waals surface area contributed by atoms with Crippen LogP contribution in [-0.4, -0.2) is 22.3 Å². The highest BCUT2D eigenvalue weighted by molar-refractivity contribution is 6.31. The van der Waals surface area contributed by atoms with E-state index in [1.165, 1.54) is 25.7 Å². The highest BCUT2D eigenvalue weighted by Crippen LogP contribution is 2.23. The van der Waals surface area contributed by atoms with Gasteiger partial charge < -0.3 is 9.30 Å². The van der Waals surface area contributed by atoms with Crippen LogP contribution in [0.1, 0.15) is 31.5 Å². The molecule has 0 atom stereocenters. The van der Waals surface area contributed by atoms with E-state index >= 15 is 0 Å². The maximum atomic E-state index is 6.01. The first-order valence-electron chi connectivity index (χ1n) is 7.10. The molecule has 1 heterocycles. The zero-order chi connectivity index (χ0) is 13.9. The molecular formula is C15H18Cl2N2O. The molecule has 1 saturated carbocycles. The molecule has 0 saturated heterocycles. The van der Waals surface area contributed by atoms with E-state index in [0.29, 0.717) is 23.6 Å². The monoisotopic (exact) mass is 312 g/mol. The fraction of sp³-hybridized carbons (Fsp3) is 0.533. The van der Waals surface area contributed by atoms with Gasteiger partial charge in [-0.25, -0.2) is 4.98 Å². The number of benzene rings is 1. The van der Waals surface area contributed by atoms with Crippen molar-refractivity contribution in [2.24, 2.45) is 0 Å². The molecule has 1 aromatic carbocycles. The maximum Gasteiger partial charge on any atom is 0.124 e. The van der Waals surface area contributed by atoms with Crippen LogP contribution in [0.3, 0.4) is 0 Å². The number of hydrogen-bond donors (Lipinski definition) is 0. The first kappa shape index (κ1) is 14.2. The Labute approximate surface area is 128 Å². The third-order valence-electron chi connectivity index (χ3n) is 3.88. The second kappa shape index (κ2) is 6.33.